The fourth-order valence-electron chi connectivity index (χ4n) is 3.05. The van der Waals surface area contributed by atoms with Crippen LogP contribution in [0.25, 0.3) is 10.2 Å². The maximum atomic E-state index is 4.75. The molecule has 3 aromatic heterocycles. The van der Waals surface area contributed by atoms with Crippen LogP contribution in [0, 0.1) is 0 Å². The van der Waals surface area contributed by atoms with E-state index in [1.54, 1.807) is 17.7 Å². The Morgan fingerprint density at radius 1 is 1.14 bits per heavy atom. The van der Waals surface area contributed by atoms with E-state index in [9.17, 15) is 0 Å². The van der Waals surface area contributed by atoms with Gasteiger partial charge in [0.05, 0.1) is 16.8 Å². The summed E-state index contributed by atoms with van der Waals surface area (Å²) in [5.41, 5.74) is 1.03. The average molecular weight is 312 g/mol. The van der Waals surface area contributed by atoms with Gasteiger partial charge in [0.25, 0.3) is 0 Å². The molecule has 0 unspecified atom stereocenters. The molecular formula is C15H16N6S. The van der Waals surface area contributed by atoms with Crippen molar-refractivity contribution >= 4 is 27.4 Å². The first-order valence-electron chi connectivity index (χ1n) is 7.75. The molecule has 4 heterocycles. The highest BCUT2D eigenvalue weighted by Crippen LogP contribution is 2.38. The van der Waals surface area contributed by atoms with Crippen molar-refractivity contribution in [3.05, 3.63) is 29.4 Å². The average Bonchev–Trinajstić information content (AvgIpc) is 3.19. The molecule has 0 N–H and O–H groups in total. The molecule has 1 aliphatic heterocycles. The van der Waals surface area contributed by atoms with Gasteiger partial charge in [0.1, 0.15) is 18.0 Å². The largest absolute Gasteiger partial charge is 0.353 e. The molecule has 0 radical (unpaired) electrons. The minimum atomic E-state index is 0.628. The molecule has 2 aliphatic rings. The molecule has 0 saturated heterocycles. The van der Waals surface area contributed by atoms with Crippen LogP contribution in [0.2, 0.25) is 0 Å². The van der Waals surface area contributed by atoms with Gasteiger partial charge in [0.2, 0.25) is 0 Å². The number of aromatic nitrogens is 5. The molecule has 1 saturated carbocycles. The van der Waals surface area contributed by atoms with E-state index in [0.29, 0.717) is 5.92 Å². The van der Waals surface area contributed by atoms with E-state index in [0.717, 1.165) is 49.0 Å². The van der Waals surface area contributed by atoms with Gasteiger partial charge in [-0.1, -0.05) is 0 Å². The zero-order chi connectivity index (χ0) is 14.5. The minimum Gasteiger partial charge on any atom is -0.353 e. The molecule has 112 valence electrons. The van der Waals surface area contributed by atoms with Crippen molar-refractivity contribution in [1.29, 1.82) is 0 Å². The van der Waals surface area contributed by atoms with Gasteiger partial charge in [-0.2, -0.15) is 5.10 Å². The highest BCUT2D eigenvalue weighted by atomic mass is 32.1. The molecule has 1 aliphatic carbocycles. The van der Waals surface area contributed by atoms with Crippen LogP contribution < -0.4 is 4.90 Å². The first-order chi connectivity index (χ1) is 10.9. The van der Waals surface area contributed by atoms with Crippen LogP contribution in [0.15, 0.2) is 17.8 Å². The van der Waals surface area contributed by atoms with Crippen molar-refractivity contribution in [2.75, 3.05) is 18.0 Å². The van der Waals surface area contributed by atoms with Crippen molar-refractivity contribution in [1.82, 2.24) is 24.7 Å². The second-order valence-electron chi connectivity index (χ2n) is 5.95. The molecule has 5 rings (SSSR count). The van der Waals surface area contributed by atoms with Gasteiger partial charge in [-0.15, -0.1) is 11.3 Å². The molecular weight excluding hydrogens is 296 g/mol. The van der Waals surface area contributed by atoms with E-state index in [2.05, 4.69) is 31.0 Å². The summed E-state index contributed by atoms with van der Waals surface area (Å²) in [5, 5.41) is 6.78. The van der Waals surface area contributed by atoms with Gasteiger partial charge < -0.3 is 4.90 Å². The normalized spacial score (nSPS) is 18.5. The topological polar surface area (TPSA) is 59.7 Å². The number of thiophene rings is 1. The second kappa shape index (κ2) is 4.74. The van der Waals surface area contributed by atoms with Crippen molar-refractivity contribution < 1.29 is 0 Å². The Hall–Kier alpha value is -2.02. The molecule has 7 heteroatoms. The highest BCUT2D eigenvalue weighted by Gasteiger charge is 2.29. The van der Waals surface area contributed by atoms with E-state index in [4.69, 9.17) is 10.1 Å². The van der Waals surface area contributed by atoms with Gasteiger partial charge in [-0.3, -0.25) is 0 Å². The molecule has 3 aromatic rings. The summed E-state index contributed by atoms with van der Waals surface area (Å²) in [5.74, 6) is 3.86. The zero-order valence-electron chi connectivity index (χ0n) is 12.1. The van der Waals surface area contributed by atoms with Gasteiger partial charge >= 0.3 is 0 Å². The summed E-state index contributed by atoms with van der Waals surface area (Å²) < 4.78 is 3.27. The maximum Gasteiger partial charge on any atom is 0.154 e. The third kappa shape index (κ3) is 1.99. The lowest BCUT2D eigenvalue weighted by atomic mass is 10.3. The number of rotatable bonds is 2. The van der Waals surface area contributed by atoms with Gasteiger partial charge in [-0.25, -0.2) is 19.6 Å². The summed E-state index contributed by atoms with van der Waals surface area (Å²) in [6, 6.07) is 2.05. The van der Waals surface area contributed by atoms with E-state index >= 15 is 0 Å². The molecule has 0 atom stereocenters. The van der Waals surface area contributed by atoms with Crippen LogP contribution in [0.4, 0.5) is 5.82 Å². The van der Waals surface area contributed by atoms with Crippen molar-refractivity contribution in [2.45, 2.75) is 31.7 Å². The van der Waals surface area contributed by atoms with Crippen LogP contribution in [0.3, 0.4) is 0 Å². The Bertz CT molecular complexity index is 808. The molecule has 22 heavy (non-hydrogen) atoms. The molecule has 6 nitrogen and oxygen atoms in total. The SMILES string of the molecule is c1nc(N2CCc3nc(C4CC4)nn3CC2)c2sccc2n1. The molecule has 0 spiro atoms. The van der Waals surface area contributed by atoms with E-state index < -0.39 is 0 Å². The van der Waals surface area contributed by atoms with Gasteiger partial charge in [0, 0.05) is 25.4 Å². The van der Waals surface area contributed by atoms with E-state index in [-0.39, 0.29) is 0 Å². The first kappa shape index (κ1) is 12.5. The smallest absolute Gasteiger partial charge is 0.154 e. The lowest BCUT2D eigenvalue weighted by Crippen LogP contribution is -2.27. The zero-order valence-corrected chi connectivity index (χ0v) is 13.0. The number of hydrogen-bond donors (Lipinski definition) is 0. The third-order valence-electron chi connectivity index (χ3n) is 4.42. The van der Waals surface area contributed by atoms with Crippen molar-refractivity contribution in [3.8, 4) is 0 Å². The lowest BCUT2D eigenvalue weighted by molar-refractivity contribution is 0.602. The van der Waals surface area contributed by atoms with Gasteiger partial charge in [-0.05, 0) is 24.3 Å². The molecule has 0 aromatic carbocycles. The summed E-state index contributed by atoms with van der Waals surface area (Å²) in [7, 11) is 0. The summed E-state index contributed by atoms with van der Waals surface area (Å²) in [6.07, 6.45) is 5.10. The second-order valence-corrected chi connectivity index (χ2v) is 6.87. The standard InChI is InChI=1S/C15H16N6S/c1-2-10(1)14-18-12-3-5-20(6-7-21(12)19-14)15-13-11(4-8-22-13)16-9-17-15/h4,8-10H,1-3,5-7H2. The maximum absolute atomic E-state index is 4.75. The van der Waals surface area contributed by atoms with Crippen LogP contribution in [0.1, 0.15) is 30.4 Å². The summed E-state index contributed by atoms with van der Waals surface area (Å²) in [4.78, 5) is 15.9. The Balaban J connectivity index is 1.44. The van der Waals surface area contributed by atoms with Crippen LogP contribution in [-0.2, 0) is 13.0 Å². The predicted molar refractivity (Wildman–Crippen MR) is 85.3 cm³/mol. The quantitative estimate of drug-likeness (QED) is 0.726. The molecule has 0 amide bonds. The Kier molecular flexibility index (Phi) is 2.70. The van der Waals surface area contributed by atoms with E-state index in [1.165, 1.54) is 17.5 Å². The Morgan fingerprint density at radius 2 is 2.09 bits per heavy atom. The molecule has 1 fully saturated rings. The lowest BCUT2D eigenvalue weighted by Gasteiger charge is -2.21. The predicted octanol–water partition coefficient (Wildman–Crippen LogP) is 2.22. The minimum absolute atomic E-state index is 0.628. The third-order valence-corrected chi connectivity index (χ3v) is 5.32. The Morgan fingerprint density at radius 3 is 3.00 bits per heavy atom. The van der Waals surface area contributed by atoms with Crippen molar-refractivity contribution in [2.24, 2.45) is 0 Å². The first-order valence-corrected chi connectivity index (χ1v) is 8.63. The molecule has 0 bridgehead atoms. The Labute approximate surface area is 131 Å². The van der Waals surface area contributed by atoms with Crippen LogP contribution in [0.5, 0.6) is 0 Å². The number of anilines is 1. The number of hydrogen-bond acceptors (Lipinski definition) is 6. The summed E-state index contributed by atoms with van der Waals surface area (Å²) in [6.45, 7) is 2.74. The van der Waals surface area contributed by atoms with Gasteiger partial charge in [0.15, 0.2) is 5.82 Å². The van der Waals surface area contributed by atoms with Crippen LogP contribution in [-0.4, -0.2) is 37.8 Å². The van der Waals surface area contributed by atoms with Crippen LogP contribution >= 0.6 is 11.3 Å². The van der Waals surface area contributed by atoms with Crippen molar-refractivity contribution in [3.63, 3.8) is 0 Å². The number of nitrogens with zero attached hydrogens (tertiary/aromatic N) is 6. The van der Waals surface area contributed by atoms with E-state index in [1.807, 2.05) is 0 Å². The fraction of sp³-hybridized carbons (Fsp3) is 0.467. The highest BCUT2D eigenvalue weighted by molar-refractivity contribution is 7.17. The summed E-state index contributed by atoms with van der Waals surface area (Å²) >= 11 is 1.71. The monoisotopic (exact) mass is 312 g/mol. The fourth-order valence-corrected chi connectivity index (χ4v) is 3.91. The number of fused-ring (bicyclic) bond motifs is 2.